The first kappa shape index (κ1) is 13.9. The number of nitroso groups, excluding NO2 is 1. The number of rotatable bonds is 5. The van der Waals surface area contributed by atoms with Crippen molar-refractivity contribution in [1.82, 2.24) is 5.01 Å². The Balaban J connectivity index is 2.69. The van der Waals surface area contributed by atoms with Gasteiger partial charge in [-0.25, -0.2) is 9.59 Å². The van der Waals surface area contributed by atoms with Gasteiger partial charge in [0.05, 0.1) is 17.4 Å². The number of halogens is 1. The first-order chi connectivity index (χ1) is 8.58. The van der Waals surface area contributed by atoms with Crippen molar-refractivity contribution in [2.24, 2.45) is 5.29 Å². The third kappa shape index (κ3) is 3.70. The number of nitrogens with zero attached hydrogens (tertiary/aromatic N) is 2. The number of anilines is 1. The van der Waals surface area contributed by atoms with Crippen LogP contribution in [-0.2, 0) is 0 Å². The maximum atomic E-state index is 11.5. The Hall–Kier alpha value is -2.15. The van der Waals surface area contributed by atoms with Gasteiger partial charge in [0.1, 0.15) is 0 Å². The largest absolute Gasteiger partial charge is 0.478 e. The molecule has 1 aromatic carbocycles. The molecule has 7 nitrogen and oxygen atoms in total. The number of carboxylic acids is 1. The van der Waals surface area contributed by atoms with Crippen molar-refractivity contribution < 1.29 is 14.7 Å². The first-order valence-corrected chi connectivity index (χ1v) is 5.43. The minimum Gasteiger partial charge on any atom is -0.478 e. The number of alkyl halides is 1. The van der Waals surface area contributed by atoms with Gasteiger partial charge in [0.2, 0.25) is 0 Å². The number of carbonyl (C=O) groups is 2. The highest BCUT2D eigenvalue weighted by molar-refractivity contribution is 6.18. The van der Waals surface area contributed by atoms with Crippen LogP contribution in [0, 0.1) is 4.91 Å². The summed E-state index contributed by atoms with van der Waals surface area (Å²) >= 11 is 5.39. The lowest BCUT2D eigenvalue weighted by Crippen LogP contribution is -2.31. The van der Waals surface area contributed by atoms with E-state index in [1.54, 1.807) is 0 Å². The molecule has 0 fully saturated rings. The average molecular weight is 272 g/mol. The Morgan fingerprint density at radius 1 is 1.33 bits per heavy atom. The maximum Gasteiger partial charge on any atom is 0.344 e. The second kappa shape index (κ2) is 6.55. The van der Waals surface area contributed by atoms with Gasteiger partial charge in [-0.2, -0.15) is 5.01 Å². The molecule has 2 amide bonds. The quantitative estimate of drug-likeness (QED) is 0.487. The Bertz CT molecular complexity index is 449. The van der Waals surface area contributed by atoms with Crippen LogP contribution in [-0.4, -0.2) is 34.5 Å². The van der Waals surface area contributed by atoms with E-state index < -0.39 is 12.0 Å². The number of carbonyl (C=O) groups excluding carboxylic acids is 1. The minimum absolute atomic E-state index is 0.00982. The van der Waals surface area contributed by atoms with Crippen LogP contribution in [0.2, 0.25) is 0 Å². The molecule has 0 aromatic heterocycles. The van der Waals surface area contributed by atoms with Crippen LogP contribution in [0.3, 0.4) is 0 Å². The highest BCUT2D eigenvalue weighted by Crippen LogP contribution is 2.10. The van der Waals surface area contributed by atoms with E-state index in [1.165, 1.54) is 24.3 Å². The summed E-state index contributed by atoms with van der Waals surface area (Å²) < 4.78 is 0. The van der Waals surface area contributed by atoms with E-state index in [-0.39, 0.29) is 18.0 Å². The lowest BCUT2D eigenvalue weighted by molar-refractivity contribution is 0.0697. The van der Waals surface area contributed by atoms with Gasteiger partial charge >= 0.3 is 12.0 Å². The molecule has 0 atom stereocenters. The number of hydrogen-bond donors (Lipinski definition) is 2. The molecule has 0 aliphatic carbocycles. The summed E-state index contributed by atoms with van der Waals surface area (Å²) in [5, 5.41) is 14.2. The number of urea groups is 1. The smallest absolute Gasteiger partial charge is 0.344 e. The molecule has 96 valence electrons. The van der Waals surface area contributed by atoms with Crippen molar-refractivity contribution in [3.05, 3.63) is 34.7 Å². The number of nitrogens with one attached hydrogen (secondary N) is 1. The summed E-state index contributed by atoms with van der Waals surface area (Å²) in [7, 11) is 0. The molecular formula is C10H10ClN3O4. The lowest BCUT2D eigenvalue weighted by Gasteiger charge is -2.12. The van der Waals surface area contributed by atoms with E-state index in [0.717, 1.165) is 0 Å². The zero-order valence-corrected chi connectivity index (χ0v) is 9.92. The van der Waals surface area contributed by atoms with Crippen molar-refractivity contribution in [2.45, 2.75) is 0 Å². The summed E-state index contributed by atoms with van der Waals surface area (Å²) in [6.45, 7) is -0.00982. The lowest BCUT2D eigenvalue weighted by atomic mass is 10.2. The topological polar surface area (TPSA) is 99.1 Å². The predicted octanol–water partition coefficient (Wildman–Crippen LogP) is 2.14. The van der Waals surface area contributed by atoms with Gasteiger partial charge in [-0.1, -0.05) is 0 Å². The van der Waals surface area contributed by atoms with E-state index in [9.17, 15) is 14.5 Å². The molecule has 0 aliphatic heterocycles. The molecule has 18 heavy (non-hydrogen) atoms. The van der Waals surface area contributed by atoms with E-state index in [1.807, 2.05) is 0 Å². The van der Waals surface area contributed by atoms with Crippen molar-refractivity contribution >= 4 is 29.3 Å². The molecule has 8 heteroatoms. The summed E-state index contributed by atoms with van der Waals surface area (Å²) in [5.41, 5.74) is 0.451. The fourth-order valence-corrected chi connectivity index (χ4v) is 1.30. The molecule has 0 aliphatic rings. The minimum atomic E-state index is -1.06. The highest BCUT2D eigenvalue weighted by Gasteiger charge is 2.13. The average Bonchev–Trinajstić information content (AvgIpc) is 2.36. The predicted molar refractivity (Wildman–Crippen MR) is 65.6 cm³/mol. The summed E-state index contributed by atoms with van der Waals surface area (Å²) in [4.78, 5) is 32.5. The van der Waals surface area contributed by atoms with Crippen LogP contribution < -0.4 is 5.32 Å². The number of amides is 2. The van der Waals surface area contributed by atoms with Crippen LogP contribution in [0.5, 0.6) is 0 Å². The molecule has 0 bridgehead atoms. The van der Waals surface area contributed by atoms with Crippen LogP contribution in [0.15, 0.2) is 29.6 Å². The Kier molecular flexibility index (Phi) is 5.06. The third-order valence-electron chi connectivity index (χ3n) is 2.01. The van der Waals surface area contributed by atoms with Crippen molar-refractivity contribution in [3.63, 3.8) is 0 Å². The summed E-state index contributed by atoms with van der Waals surface area (Å²) in [5.74, 6) is -0.983. The van der Waals surface area contributed by atoms with Gasteiger partial charge in [0, 0.05) is 11.6 Å². The van der Waals surface area contributed by atoms with E-state index in [4.69, 9.17) is 16.7 Å². The molecule has 0 unspecified atom stereocenters. The standard InChI is InChI=1S/C10H10ClN3O4/c11-5-6-14(13-18)10(17)12-8-3-1-7(2-4-8)9(15)16/h1-4H,5-6H2,(H,12,17)(H,15,16). The third-order valence-corrected chi connectivity index (χ3v) is 2.18. The van der Waals surface area contributed by atoms with Gasteiger partial charge in [-0.3, -0.25) is 0 Å². The molecule has 0 heterocycles. The van der Waals surface area contributed by atoms with Crippen molar-refractivity contribution in [3.8, 4) is 0 Å². The molecular weight excluding hydrogens is 262 g/mol. The fraction of sp³-hybridized carbons (Fsp3) is 0.200. The number of carboxylic acid groups (broad SMARTS) is 1. The molecule has 0 radical (unpaired) electrons. The molecule has 2 N–H and O–H groups in total. The van der Waals surface area contributed by atoms with E-state index in [0.29, 0.717) is 10.7 Å². The second-order valence-electron chi connectivity index (χ2n) is 3.21. The number of hydrogen-bond acceptors (Lipinski definition) is 4. The van der Waals surface area contributed by atoms with Crippen molar-refractivity contribution in [2.75, 3.05) is 17.7 Å². The zero-order chi connectivity index (χ0) is 13.5. The fourth-order valence-electron chi connectivity index (χ4n) is 1.14. The first-order valence-electron chi connectivity index (χ1n) is 4.89. The normalized spacial score (nSPS) is 9.61. The van der Waals surface area contributed by atoms with Gasteiger partial charge in [0.15, 0.2) is 0 Å². The highest BCUT2D eigenvalue weighted by atomic mass is 35.5. The van der Waals surface area contributed by atoms with E-state index >= 15 is 0 Å². The van der Waals surface area contributed by atoms with Gasteiger partial charge < -0.3 is 10.4 Å². The molecule has 0 spiro atoms. The summed E-state index contributed by atoms with van der Waals surface area (Å²) in [6, 6.07) is 4.75. The second-order valence-corrected chi connectivity index (χ2v) is 3.58. The Morgan fingerprint density at radius 3 is 2.39 bits per heavy atom. The van der Waals surface area contributed by atoms with Gasteiger partial charge in [0.25, 0.3) is 0 Å². The molecule has 1 rings (SSSR count). The molecule has 1 aromatic rings. The SMILES string of the molecule is O=NN(CCCl)C(=O)Nc1ccc(C(=O)O)cc1. The van der Waals surface area contributed by atoms with Crippen LogP contribution >= 0.6 is 11.6 Å². The zero-order valence-electron chi connectivity index (χ0n) is 9.17. The van der Waals surface area contributed by atoms with Gasteiger partial charge in [-0.05, 0) is 24.3 Å². The monoisotopic (exact) mass is 271 g/mol. The van der Waals surface area contributed by atoms with Crippen molar-refractivity contribution in [1.29, 1.82) is 0 Å². The molecule has 0 saturated heterocycles. The van der Waals surface area contributed by atoms with Crippen LogP contribution in [0.4, 0.5) is 10.5 Å². The van der Waals surface area contributed by atoms with Gasteiger partial charge in [-0.15, -0.1) is 16.5 Å². The number of benzene rings is 1. The summed E-state index contributed by atoms with van der Waals surface area (Å²) in [6.07, 6.45) is 0. The number of aromatic carboxylic acids is 1. The van der Waals surface area contributed by atoms with Crippen LogP contribution in [0.1, 0.15) is 10.4 Å². The van der Waals surface area contributed by atoms with Crippen LogP contribution in [0.25, 0.3) is 0 Å². The maximum absolute atomic E-state index is 11.5. The molecule has 0 saturated carbocycles. The van der Waals surface area contributed by atoms with E-state index in [2.05, 4.69) is 10.6 Å². The Labute approximate surface area is 107 Å². The Morgan fingerprint density at radius 2 is 1.94 bits per heavy atom.